The van der Waals surface area contributed by atoms with Gasteiger partial charge in [0.15, 0.2) is 11.6 Å². The molecule has 5 aliphatic rings. The number of thiophene rings is 1. The third-order valence-electron chi connectivity index (χ3n) is 11.1. The Kier molecular flexibility index (Phi) is 7.04. The number of rotatable bonds is 5. The Morgan fingerprint density at radius 1 is 1.06 bits per heavy atom. The number of aromatic nitrogens is 3. The molecule has 3 N–H and O–H groups in total. The lowest BCUT2D eigenvalue weighted by atomic mass is 9.93. The number of halogens is 2. The molecule has 5 aliphatic heterocycles. The second-order valence-electron chi connectivity index (χ2n) is 14.3. The van der Waals surface area contributed by atoms with E-state index in [4.69, 9.17) is 20.4 Å². The summed E-state index contributed by atoms with van der Waals surface area (Å²) in [6, 6.07) is 2.41. The van der Waals surface area contributed by atoms with E-state index in [1.165, 1.54) is 0 Å². The highest BCUT2D eigenvalue weighted by atomic mass is 32.1. The second kappa shape index (κ2) is 11.1. The Hall–Kier alpha value is -3.74. The Bertz CT molecular complexity index is 2000. The minimum atomic E-state index is -0.608. The molecule has 1 aromatic carbocycles. The number of β-amino-alcohol motifs (C(OH)–C–C–N with tert-alkyl or cyclic N) is 1. The molecule has 9 rings (SSSR count). The second-order valence-corrected chi connectivity index (χ2v) is 15.4. The van der Waals surface area contributed by atoms with Crippen molar-refractivity contribution in [3.05, 3.63) is 34.5 Å². The lowest BCUT2D eigenvalue weighted by Crippen LogP contribution is -2.55. The fraction of sp³-hybridized carbons (Fsp3) is 0.529. The van der Waals surface area contributed by atoms with Gasteiger partial charge >= 0.3 is 0 Å². The molecule has 250 valence electrons. The van der Waals surface area contributed by atoms with Crippen LogP contribution in [-0.4, -0.2) is 101 Å². The van der Waals surface area contributed by atoms with Gasteiger partial charge in [-0.3, -0.25) is 9.88 Å². The molecule has 5 atom stereocenters. The zero-order valence-corrected chi connectivity index (χ0v) is 27.7. The normalized spacial score (nSPS) is 26.2. The van der Waals surface area contributed by atoms with Crippen LogP contribution in [0.3, 0.4) is 0 Å². The van der Waals surface area contributed by atoms with E-state index in [9.17, 15) is 10.4 Å². The van der Waals surface area contributed by atoms with E-state index in [2.05, 4.69) is 37.7 Å². The van der Waals surface area contributed by atoms with Crippen LogP contribution in [0.25, 0.3) is 32.2 Å². The van der Waals surface area contributed by atoms with E-state index in [0.29, 0.717) is 35.3 Å². The largest absolute Gasteiger partial charge is 0.392 e. The number of hydrogen-bond donors (Lipinski definition) is 2. The highest BCUT2D eigenvalue weighted by molar-refractivity contribution is 7.23. The minimum Gasteiger partial charge on any atom is -0.392 e. The number of likely N-dealkylation sites (tertiary alicyclic amines) is 2. The highest BCUT2D eigenvalue weighted by Crippen LogP contribution is 2.48. The van der Waals surface area contributed by atoms with Gasteiger partial charge in [-0.2, -0.15) is 10.2 Å². The molecular weight excluding hydrogens is 636 g/mol. The van der Waals surface area contributed by atoms with Gasteiger partial charge < -0.3 is 30.3 Å². The average Bonchev–Trinajstić information content (AvgIpc) is 3.86. The topological polar surface area (TPSA) is 131 Å². The summed E-state index contributed by atoms with van der Waals surface area (Å²) >= 11 is 0.966. The molecule has 8 heterocycles. The van der Waals surface area contributed by atoms with Gasteiger partial charge in [-0.15, -0.1) is 11.3 Å². The summed E-state index contributed by atoms with van der Waals surface area (Å²) < 4.78 is 38.7. The van der Waals surface area contributed by atoms with Crippen molar-refractivity contribution < 1.29 is 18.6 Å². The van der Waals surface area contributed by atoms with Crippen LogP contribution in [0.2, 0.25) is 0 Å². The molecule has 0 saturated carbocycles. The molecule has 2 bridgehead atoms. The van der Waals surface area contributed by atoms with Crippen molar-refractivity contribution in [2.24, 2.45) is 11.8 Å². The first kappa shape index (κ1) is 30.3. The number of nitrogen functional groups attached to an aromatic ring is 1. The Morgan fingerprint density at radius 2 is 1.77 bits per heavy atom. The van der Waals surface area contributed by atoms with Gasteiger partial charge in [0.1, 0.15) is 22.4 Å². The molecule has 4 aromatic rings. The zero-order valence-electron chi connectivity index (χ0n) is 26.9. The Morgan fingerprint density at radius 3 is 2.46 bits per heavy atom. The molecule has 4 fully saturated rings. The van der Waals surface area contributed by atoms with Crippen LogP contribution in [0, 0.1) is 34.8 Å². The Balaban J connectivity index is 1.27. The number of ether oxygens (including phenoxy) is 1. The summed E-state index contributed by atoms with van der Waals surface area (Å²) in [4.78, 5) is 24.0. The third-order valence-corrected chi connectivity index (χ3v) is 12.1. The maximum absolute atomic E-state index is 17.5. The number of hydrogen-bond acceptors (Lipinski definition) is 12. The maximum atomic E-state index is 17.5. The highest BCUT2D eigenvalue weighted by Gasteiger charge is 2.44. The van der Waals surface area contributed by atoms with Crippen molar-refractivity contribution in [1.82, 2.24) is 24.8 Å². The Labute approximate surface area is 280 Å². The van der Waals surface area contributed by atoms with Crippen molar-refractivity contribution in [2.45, 2.75) is 51.2 Å². The van der Waals surface area contributed by atoms with Gasteiger partial charge in [0, 0.05) is 68.8 Å². The minimum absolute atomic E-state index is 0.0912. The number of nitrogens with zero attached hydrogens (tertiary/aromatic N) is 8. The standard InChI is InChI=1S/C34H37F2N9O2S/c1-16(46)7-43-12-19-3-4-20(13-43)45(19)33-27-23-15-47-14-22(23)25(29-26-21(5-37)32(38)48-31(26)24(35)6-39-29)28(36)30(27)40-34(41-33)44-10-17-8-42(2)9-18(17)11-44/h6,16-20,46H,3-4,7-15,38H2,1-2H3. The lowest BCUT2D eigenvalue weighted by molar-refractivity contribution is 0.111. The summed E-state index contributed by atoms with van der Waals surface area (Å²) in [5.41, 5.74) is 8.20. The first-order valence-electron chi connectivity index (χ1n) is 16.7. The van der Waals surface area contributed by atoms with Crippen LogP contribution in [0.5, 0.6) is 0 Å². The fourth-order valence-electron chi connectivity index (χ4n) is 9.21. The molecule has 0 aliphatic carbocycles. The molecule has 0 amide bonds. The van der Waals surface area contributed by atoms with Crippen LogP contribution < -0.4 is 15.5 Å². The van der Waals surface area contributed by atoms with E-state index < -0.39 is 17.7 Å². The first-order valence-corrected chi connectivity index (χ1v) is 17.5. The van der Waals surface area contributed by atoms with Crippen molar-refractivity contribution >= 4 is 49.1 Å². The van der Waals surface area contributed by atoms with Gasteiger partial charge in [-0.05, 0) is 49.8 Å². The number of nitrogens with two attached hydrogens (primary N) is 1. The van der Waals surface area contributed by atoms with Crippen molar-refractivity contribution in [3.63, 3.8) is 0 Å². The summed E-state index contributed by atoms with van der Waals surface area (Å²) in [5.74, 6) is 1.05. The molecular formula is C34H37F2N9O2S. The fourth-order valence-corrected chi connectivity index (χ4v) is 10.1. The molecule has 4 saturated heterocycles. The first-order chi connectivity index (χ1) is 23.2. The number of aliphatic hydroxyl groups excluding tert-OH is 1. The molecule has 48 heavy (non-hydrogen) atoms. The van der Waals surface area contributed by atoms with Gasteiger partial charge in [0.05, 0.1) is 46.9 Å². The van der Waals surface area contributed by atoms with Gasteiger partial charge in [-0.25, -0.2) is 13.8 Å². The number of benzene rings is 1. The zero-order chi connectivity index (χ0) is 33.0. The smallest absolute Gasteiger partial charge is 0.228 e. The summed E-state index contributed by atoms with van der Waals surface area (Å²) in [6.45, 7) is 8.01. The number of pyridine rings is 1. The van der Waals surface area contributed by atoms with Crippen LogP contribution in [0.15, 0.2) is 6.20 Å². The van der Waals surface area contributed by atoms with Gasteiger partial charge in [0.25, 0.3) is 0 Å². The number of aliphatic hydroxyl groups is 1. The van der Waals surface area contributed by atoms with Crippen LogP contribution >= 0.6 is 11.3 Å². The summed E-state index contributed by atoms with van der Waals surface area (Å²) in [5, 5.41) is 21.2. The molecule has 14 heteroatoms. The SMILES string of the molecule is CC(O)CN1CC2CCC(C1)N2c1nc(N2CC3CN(C)CC3C2)nc2c(F)c(-c3ncc(F)c4sc(N)c(C#N)c34)c3c(c12)COC3. The number of anilines is 3. The van der Waals surface area contributed by atoms with E-state index >= 15 is 8.78 Å². The van der Waals surface area contributed by atoms with E-state index in [1.54, 1.807) is 0 Å². The van der Waals surface area contributed by atoms with Gasteiger partial charge in [-0.1, -0.05) is 0 Å². The lowest BCUT2D eigenvalue weighted by Gasteiger charge is -2.43. The monoisotopic (exact) mass is 673 g/mol. The summed E-state index contributed by atoms with van der Waals surface area (Å²) in [6.07, 6.45) is 2.61. The number of piperazine rings is 1. The predicted molar refractivity (Wildman–Crippen MR) is 180 cm³/mol. The van der Waals surface area contributed by atoms with Crippen molar-refractivity contribution in [2.75, 3.05) is 68.4 Å². The molecule has 3 aromatic heterocycles. The maximum Gasteiger partial charge on any atom is 0.228 e. The molecule has 5 unspecified atom stereocenters. The number of nitriles is 1. The van der Waals surface area contributed by atoms with E-state index in [-0.39, 0.29) is 62.7 Å². The predicted octanol–water partition coefficient (Wildman–Crippen LogP) is 3.70. The molecule has 11 nitrogen and oxygen atoms in total. The van der Waals surface area contributed by atoms with Crippen molar-refractivity contribution in [1.29, 1.82) is 5.26 Å². The van der Waals surface area contributed by atoms with Crippen LogP contribution in [-0.2, 0) is 18.0 Å². The van der Waals surface area contributed by atoms with Gasteiger partial charge in [0.2, 0.25) is 5.95 Å². The average molecular weight is 674 g/mol. The summed E-state index contributed by atoms with van der Waals surface area (Å²) in [7, 11) is 2.15. The molecule has 0 radical (unpaired) electrons. The van der Waals surface area contributed by atoms with Crippen LogP contribution in [0.4, 0.5) is 25.5 Å². The van der Waals surface area contributed by atoms with E-state index in [0.717, 1.165) is 81.0 Å². The van der Waals surface area contributed by atoms with E-state index in [1.807, 2.05) is 6.92 Å². The third kappa shape index (κ3) is 4.51. The molecule has 0 spiro atoms. The van der Waals surface area contributed by atoms with Crippen LogP contribution in [0.1, 0.15) is 36.5 Å². The van der Waals surface area contributed by atoms with Crippen molar-refractivity contribution in [3.8, 4) is 17.3 Å². The quantitative estimate of drug-likeness (QED) is 0.322. The number of fused-ring (bicyclic) bond motifs is 7.